The van der Waals surface area contributed by atoms with E-state index in [0.717, 1.165) is 22.2 Å². The zero-order valence-electron chi connectivity index (χ0n) is 13.3. The van der Waals surface area contributed by atoms with Gasteiger partial charge < -0.3 is 14.2 Å². The summed E-state index contributed by atoms with van der Waals surface area (Å²) < 4.78 is 17.7. The Morgan fingerprint density at radius 1 is 1.19 bits per heavy atom. The van der Waals surface area contributed by atoms with E-state index in [1.54, 1.807) is 14.2 Å². The van der Waals surface area contributed by atoms with E-state index in [1.165, 1.54) is 5.56 Å². The van der Waals surface area contributed by atoms with Crippen LogP contribution in [-0.4, -0.2) is 31.9 Å². The van der Waals surface area contributed by atoms with Gasteiger partial charge in [0, 0.05) is 14.2 Å². The Labute approximate surface area is 144 Å². The van der Waals surface area contributed by atoms with Crippen LogP contribution in [0, 0.1) is 12.8 Å². The summed E-state index contributed by atoms with van der Waals surface area (Å²) >= 11 is 7.00. The molecule has 3 nitrogen and oxygen atoms in total. The van der Waals surface area contributed by atoms with Crippen LogP contribution >= 0.6 is 31.9 Å². The third kappa shape index (κ3) is 5.23. The van der Waals surface area contributed by atoms with Crippen LogP contribution in [0.4, 0.5) is 0 Å². The lowest BCUT2D eigenvalue weighted by Gasteiger charge is -2.29. The molecule has 5 heteroatoms. The molecule has 1 rings (SSSR count). The lowest BCUT2D eigenvalue weighted by Crippen LogP contribution is -2.42. The smallest absolute Gasteiger partial charge is 0.212 e. The third-order valence-electron chi connectivity index (χ3n) is 3.32. The number of rotatable bonds is 8. The Bertz CT molecular complexity index is 426. The first-order chi connectivity index (χ1) is 9.87. The molecule has 0 saturated heterocycles. The van der Waals surface area contributed by atoms with Crippen molar-refractivity contribution in [1.29, 1.82) is 0 Å². The van der Waals surface area contributed by atoms with Crippen molar-refractivity contribution in [2.75, 3.05) is 26.2 Å². The van der Waals surface area contributed by atoms with Crippen molar-refractivity contribution in [3.8, 4) is 5.75 Å². The Kier molecular flexibility index (Phi) is 7.68. The molecule has 0 atom stereocenters. The molecule has 0 spiro atoms. The Morgan fingerprint density at radius 3 is 2.24 bits per heavy atom. The highest BCUT2D eigenvalue weighted by Crippen LogP contribution is 2.32. The van der Waals surface area contributed by atoms with Crippen molar-refractivity contribution in [3.05, 3.63) is 27.7 Å². The van der Waals surface area contributed by atoms with Gasteiger partial charge in [0.05, 0.1) is 9.80 Å². The number of halogens is 2. The molecule has 0 aliphatic carbocycles. The predicted octanol–water partition coefficient (Wildman–Crippen LogP) is 4.72. The first kappa shape index (κ1) is 18.9. The highest BCUT2D eigenvalue weighted by atomic mass is 79.9. The summed E-state index contributed by atoms with van der Waals surface area (Å²) in [6.45, 7) is 6.80. The molecular weight excluding hydrogens is 400 g/mol. The molecule has 0 saturated carbocycles. The Hall–Kier alpha value is -0.100. The topological polar surface area (TPSA) is 27.7 Å². The maximum absolute atomic E-state index is 5.94. The van der Waals surface area contributed by atoms with Crippen molar-refractivity contribution in [2.45, 2.75) is 33.0 Å². The van der Waals surface area contributed by atoms with Crippen molar-refractivity contribution in [1.82, 2.24) is 0 Å². The van der Waals surface area contributed by atoms with Gasteiger partial charge in [0.2, 0.25) is 5.79 Å². The summed E-state index contributed by atoms with van der Waals surface area (Å²) in [6.07, 6.45) is 1.06. The molecule has 0 radical (unpaired) electrons. The standard InChI is InChI=1S/C16H24Br2O3/c1-11(2)6-13-7-12(3)15(14(18)8-13)21-10-16(9-17,19-4)20-5/h7-8,11H,6,9-10H2,1-5H3. The molecule has 21 heavy (non-hydrogen) atoms. The van der Waals surface area contributed by atoms with E-state index in [-0.39, 0.29) is 0 Å². The number of alkyl halides is 1. The molecule has 0 bridgehead atoms. The van der Waals surface area contributed by atoms with E-state index < -0.39 is 5.79 Å². The average Bonchev–Trinajstić information content (AvgIpc) is 2.42. The van der Waals surface area contributed by atoms with Crippen LogP contribution in [0.2, 0.25) is 0 Å². The monoisotopic (exact) mass is 422 g/mol. The van der Waals surface area contributed by atoms with Crippen molar-refractivity contribution < 1.29 is 14.2 Å². The molecular formula is C16H24Br2O3. The maximum Gasteiger partial charge on any atom is 0.212 e. The lowest BCUT2D eigenvalue weighted by atomic mass is 10.0. The zero-order valence-corrected chi connectivity index (χ0v) is 16.5. The fraction of sp³-hybridized carbons (Fsp3) is 0.625. The summed E-state index contributed by atoms with van der Waals surface area (Å²) in [7, 11) is 3.23. The summed E-state index contributed by atoms with van der Waals surface area (Å²) in [6, 6.07) is 4.30. The van der Waals surface area contributed by atoms with E-state index in [4.69, 9.17) is 14.2 Å². The van der Waals surface area contributed by atoms with Crippen LogP contribution in [0.25, 0.3) is 0 Å². The minimum atomic E-state index is -0.775. The highest BCUT2D eigenvalue weighted by molar-refractivity contribution is 9.10. The minimum Gasteiger partial charge on any atom is -0.486 e. The summed E-state index contributed by atoms with van der Waals surface area (Å²) in [5.74, 6) is 0.690. The van der Waals surface area contributed by atoms with Gasteiger partial charge in [-0.25, -0.2) is 0 Å². The van der Waals surface area contributed by atoms with Gasteiger partial charge in [0.1, 0.15) is 12.4 Å². The number of hydrogen-bond donors (Lipinski definition) is 0. The second kappa shape index (κ2) is 8.51. The van der Waals surface area contributed by atoms with Gasteiger partial charge in [-0.2, -0.15) is 0 Å². The molecule has 0 aliphatic heterocycles. The highest BCUT2D eigenvalue weighted by Gasteiger charge is 2.30. The number of hydrogen-bond acceptors (Lipinski definition) is 3. The van der Waals surface area contributed by atoms with Crippen molar-refractivity contribution >= 4 is 31.9 Å². The SMILES string of the molecule is COC(CBr)(COc1c(C)cc(CC(C)C)cc1Br)OC. The van der Waals surface area contributed by atoms with Crippen molar-refractivity contribution in [2.24, 2.45) is 5.92 Å². The first-order valence-electron chi connectivity index (χ1n) is 6.95. The van der Waals surface area contributed by atoms with Gasteiger partial charge in [-0.15, -0.1) is 0 Å². The number of aryl methyl sites for hydroxylation is 1. The third-order valence-corrected chi connectivity index (χ3v) is 4.76. The second-order valence-corrected chi connectivity index (χ2v) is 6.98. The molecule has 0 heterocycles. The molecule has 0 N–H and O–H groups in total. The number of ether oxygens (including phenoxy) is 3. The lowest BCUT2D eigenvalue weighted by molar-refractivity contribution is -0.204. The molecule has 0 fully saturated rings. The van der Waals surface area contributed by atoms with E-state index in [1.807, 2.05) is 0 Å². The molecule has 0 aromatic heterocycles. The fourth-order valence-electron chi connectivity index (χ4n) is 2.11. The summed E-state index contributed by atoms with van der Waals surface area (Å²) in [5.41, 5.74) is 2.42. The molecule has 120 valence electrons. The molecule has 1 aromatic carbocycles. The number of benzene rings is 1. The largest absolute Gasteiger partial charge is 0.486 e. The van der Waals surface area contributed by atoms with E-state index >= 15 is 0 Å². The van der Waals surface area contributed by atoms with Gasteiger partial charge in [0.25, 0.3) is 0 Å². The van der Waals surface area contributed by atoms with E-state index in [0.29, 0.717) is 17.9 Å². The van der Waals surface area contributed by atoms with Crippen LogP contribution in [0.3, 0.4) is 0 Å². The molecule has 0 amide bonds. The summed E-state index contributed by atoms with van der Waals surface area (Å²) in [5, 5.41) is 0.537. The molecule has 0 unspecified atom stereocenters. The minimum absolute atomic E-state index is 0.314. The normalized spacial score (nSPS) is 12.0. The van der Waals surface area contributed by atoms with Crippen LogP contribution in [0.1, 0.15) is 25.0 Å². The van der Waals surface area contributed by atoms with Gasteiger partial charge in [-0.1, -0.05) is 35.8 Å². The van der Waals surface area contributed by atoms with Crippen LogP contribution in [0.15, 0.2) is 16.6 Å². The van der Waals surface area contributed by atoms with Gasteiger partial charge in [0.15, 0.2) is 0 Å². The molecule has 0 aliphatic rings. The van der Waals surface area contributed by atoms with Crippen molar-refractivity contribution in [3.63, 3.8) is 0 Å². The van der Waals surface area contributed by atoms with E-state index in [9.17, 15) is 0 Å². The Morgan fingerprint density at radius 2 is 1.81 bits per heavy atom. The predicted molar refractivity (Wildman–Crippen MR) is 93.5 cm³/mol. The fourth-order valence-corrected chi connectivity index (χ4v) is 3.45. The molecule has 1 aromatic rings. The zero-order chi connectivity index (χ0) is 16.0. The number of methoxy groups -OCH3 is 2. The average molecular weight is 424 g/mol. The van der Waals surface area contributed by atoms with Crippen LogP contribution < -0.4 is 4.74 Å². The maximum atomic E-state index is 5.94. The van der Waals surface area contributed by atoms with Crippen LogP contribution in [0.5, 0.6) is 5.75 Å². The van der Waals surface area contributed by atoms with Gasteiger partial charge in [-0.3, -0.25) is 0 Å². The quantitative estimate of drug-likeness (QED) is 0.447. The second-order valence-electron chi connectivity index (χ2n) is 5.56. The van der Waals surface area contributed by atoms with Gasteiger partial charge in [-0.05, 0) is 52.4 Å². The first-order valence-corrected chi connectivity index (χ1v) is 8.87. The Balaban J connectivity index is 2.89. The summed E-state index contributed by atoms with van der Waals surface area (Å²) in [4.78, 5) is 0. The van der Waals surface area contributed by atoms with Gasteiger partial charge >= 0.3 is 0 Å². The van der Waals surface area contributed by atoms with E-state index in [2.05, 4.69) is 64.8 Å². The van der Waals surface area contributed by atoms with Crippen LogP contribution in [-0.2, 0) is 15.9 Å².